The Morgan fingerprint density at radius 2 is 1.50 bits per heavy atom. The number of ether oxygens (including phenoxy) is 4. The van der Waals surface area contributed by atoms with Gasteiger partial charge in [0.15, 0.2) is 18.3 Å². The molecule has 0 fully saturated rings. The molecular formula is C26H27F6NO7. The zero-order chi connectivity index (χ0) is 30.0. The second kappa shape index (κ2) is 11.8. The molecule has 0 saturated heterocycles. The molecule has 3 atom stereocenters. The lowest BCUT2D eigenvalue weighted by Gasteiger charge is -2.41. The van der Waals surface area contributed by atoms with Gasteiger partial charge in [-0.2, -0.15) is 26.3 Å². The van der Waals surface area contributed by atoms with Crippen LogP contribution in [0.1, 0.15) is 54.4 Å². The van der Waals surface area contributed by atoms with Gasteiger partial charge in [-0.25, -0.2) is 4.79 Å². The van der Waals surface area contributed by atoms with E-state index < -0.39 is 65.8 Å². The van der Waals surface area contributed by atoms with E-state index in [0.717, 1.165) is 0 Å². The molecule has 1 N–H and O–H groups in total. The number of methoxy groups -OCH3 is 2. The number of hydrogen-bond donors (Lipinski definition) is 1. The number of benzene rings is 2. The summed E-state index contributed by atoms with van der Waals surface area (Å²) in [6, 6.07) is 2.88. The maximum absolute atomic E-state index is 13.7. The summed E-state index contributed by atoms with van der Waals surface area (Å²) in [7, 11) is 2.62. The van der Waals surface area contributed by atoms with E-state index in [1.54, 1.807) is 13.8 Å². The van der Waals surface area contributed by atoms with Gasteiger partial charge in [-0.05, 0) is 55.7 Å². The highest BCUT2D eigenvalue weighted by Gasteiger charge is 2.45. The van der Waals surface area contributed by atoms with E-state index in [2.05, 4.69) is 0 Å². The first-order valence-corrected chi connectivity index (χ1v) is 12.0. The standard InChI is InChI=1S/C26H27F6NO7/c1-5-39-24(36)33-13(2)6-18(17-10-20(37-3)21(38-4)11-19(17)33)22(23(35)40-12-34)14-7-15(25(27,28)29)9-16(8-14)26(30,31)32/h7-11,13,18,22,34H,5-6,12H2,1-4H3/t13-,18+,22-/m1/s1. The van der Waals surface area contributed by atoms with E-state index in [1.807, 2.05) is 0 Å². The Kier molecular flexibility index (Phi) is 9.12. The Morgan fingerprint density at radius 1 is 0.950 bits per heavy atom. The van der Waals surface area contributed by atoms with Crippen molar-refractivity contribution in [1.82, 2.24) is 0 Å². The maximum Gasteiger partial charge on any atom is 0.416 e. The van der Waals surface area contributed by atoms with E-state index in [4.69, 9.17) is 18.9 Å². The minimum absolute atomic E-state index is 0.0179. The quantitative estimate of drug-likeness (QED) is 0.250. The molecule has 0 spiro atoms. The summed E-state index contributed by atoms with van der Waals surface area (Å²) in [5.41, 5.74) is -3.56. The highest BCUT2D eigenvalue weighted by molar-refractivity contribution is 5.92. The number of aliphatic hydroxyl groups is 1. The molecule has 0 bridgehead atoms. The summed E-state index contributed by atoms with van der Waals surface area (Å²) < 4.78 is 103. The fourth-order valence-electron chi connectivity index (χ4n) is 4.86. The summed E-state index contributed by atoms with van der Waals surface area (Å²) in [4.78, 5) is 27.3. The monoisotopic (exact) mass is 579 g/mol. The van der Waals surface area contributed by atoms with E-state index in [0.29, 0.717) is 12.1 Å². The maximum atomic E-state index is 13.7. The first-order chi connectivity index (χ1) is 18.7. The van der Waals surface area contributed by atoms with Crippen LogP contribution in [0.25, 0.3) is 0 Å². The second-order valence-electron chi connectivity index (χ2n) is 8.94. The van der Waals surface area contributed by atoms with Crippen LogP contribution in [0, 0.1) is 0 Å². The van der Waals surface area contributed by atoms with Crippen molar-refractivity contribution in [3.05, 3.63) is 52.6 Å². The number of fused-ring (bicyclic) bond motifs is 1. The molecule has 2 aromatic carbocycles. The number of halogens is 6. The normalized spacial score (nSPS) is 18.0. The topological polar surface area (TPSA) is 94.5 Å². The number of anilines is 1. The largest absolute Gasteiger partial charge is 0.493 e. The number of nitrogens with zero attached hydrogens (tertiary/aromatic N) is 1. The van der Waals surface area contributed by atoms with Gasteiger partial charge in [0.1, 0.15) is 0 Å². The smallest absolute Gasteiger partial charge is 0.416 e. The first-order valence-electron chi connectivity index (χ1n) is 12.0. The molecule has 1 aliphatic heterocycles. The fraction of sp³-hybridized carbons (Fsp3) is 0.462. The average molecular weight is 579 g/mol. The average Bonchev–Trinajstić information content (AvgIpc) is 2.87. The van der Waals surface area contributed by atoms with Gasteiger partial charge in [-0.3, -0.25) is 9.69 Å². The van der Waals surface area contributed by atoms with E-state index in [9.17, 15) is 41.0 Å². The van der Waals surface area contributed by atoms with Crippen molar-refractivity contribution in [2.75, 3.05) is 32.5 Å². The van der Waals surface area contributed by atoms with Gasteiger partial charge >= 0.3 is 24.4 Å². The van der Waals surface area contributed by atoms with E-state index >= 15 is 0 Å². The van der Waals surface area contributed by atoms with Crippen molar-refractivity contribution in [3.63, 3.8) is 0 Å². The third-order valence-electron chi connectivity index (χ3n) is 6.52. The number of esters is 1. The SMILES string of the molecule is CCOC(=O)N1c2cc(OC)c(OC)cc2[C@@H]([C@H](C(=O)OCO)c2cc(C(F)(F)F)cc(C(F)(F)F)c2)C[C@H]1C. The Labute approximate surface area is 225 Å². The minimum atomic E-state index is -5.17. The number of alkyl halides is 6. The summed E-state index contributed by atoms with van der Waals surface area (Å²) in [5, 5.41) is 9.26. The number of carbonyl (C=O) groups is 2. The molecular weight excluding hydrogens is 552 g/mol. The lowest BCUT2D eigenvalue weighted by atomic mass is 9.74. The van der Waals surface area contributed by atoms with Crippen LogP contribution in [0.5, 0.6) is 11.5 Å². The van der Waals surface area contributed by atoms with Crippen LogP contribution < -0.4 is 14.4 Å². The number of hydrogen-bond acceptors (Lipinski definition) is 7. The van der Waals surface area contributed by atoms with Crippen molar-refractivity contribution >= 4 is 17.7 Å². The first kappa shape index (κ1) is 30.9. The molecule has 2 aromatic rings. The molecule has 0 aromatic heterocycles. The van der Waals surface area contributed by atoms with Crippen LogP contribution in [0.3, 0.4) is 0 Å². The summed E-state index contributed by atoms with van der Waals surface area (Å²) in [6.07, 6.45) is -11.2. The molecule has 3 rings (SSSR count). The number of aliphatic hydroxyl groups excluding tert-OH is 1. The Hall–Kier alpha value is -3.68. The van der Waals surface area contributed by atoms with Gasteiger partial charge in [-0.1, -0.05) is 0 Å². The molecule has 1 aliphatic rings. The van der Waals surface area contributed by atoms with Gasteiger partial charge in [0.2, 0.25) is 0 Å². The molecule has 0 unspecified atom stereocenters. The van der Waals surface area contributed by atoms with Gasteiger partial charge in [-0.15, -0.1) is 0 Å². The van der Waals surface area contributed by atoms with Crippen LogP contribution in [0.4, 0.5) is 36.8 Å². The third kappa shape index (κ3) is 6.21. The van der Waals surface area contributed by atoms with Crippen LogP contribution >= 0.6 is 0 Å². The Bertz CT molecular complexity index is 1220. The lowest BCUT2D eigenvalue weighted by molar-refractivity contribution is -0.155. The lowest BCUT2D eigenvalue weighted by Crippen LogP contribution is -2.45. The van der Waals surface area contributed by atoms with E-state index in [1.165, 1.54) is 31.3 Å². The summed E-state index contributed by atoms with van der Waals surface area (Å²) in [6.45, 7) is 2.00. The number of rotatable bonds is 7. The highest BCUT2D eigenvalue weighted by atomic mass is 19.4. The van der Waals surface area contributed by atoms with Crippen molar-refractivity contribution < 1.29 is 60.0 Å². The summed E-state index contributed by atoms with van der Waals surface area (Å²) in [5.74, 6) is -3.86. The van der Waals surface area contributed by atoms with Crippen LogP contribution in [0.2, 0.25) is 0 Å². The zero-order valence-electron chi connectivity index (χ0n) is 21.9. The Morgan fingerprint density at radius 3 is 1.98 bits per heavy atom. The van der Waals surface area contributed by atoms with Crippen LogP contribution in [0.15, 0.2) is 30.3 Å². The minimum Gasteiger partial charge on any atom is -0.493 e. The number of amides is 1. The third-order valence-corrected chi connectivity index (χ3v) is 6.52. The van der Waals surface area contributed by atoms with Gasteiger partial charge < -0.3 is 24.1 Å². The van der Waals surface area contributed by atoms with Gasteiger partial charge in [0.05, 0.1) is 43.6 Å². The molecule has 40 heavy (non-hydrogen) atoms. The fourth-order valence-corrected chi connectivity index (χ4v) is 4.86. The predicted molar refractivity (Wildman–Crippen MR) is 128 cm³/mol. The van der Waals surface area contributed by atoms with Crippen molar-refractivity contribution in [3.8, 4) is 11.5 Å². The molecule has 0 saturated carbocycles. The van der Waals surface area contributed by atoms with E-state index in [-0.39, 0.29) is 41.8 Å². The molecule has 8 nitrogen and oxygen atoms in total. The number of carbonyl (C=O) groups excluding carboxylic acids is 2. The summed E-state index contributed by atoms with van der Waals surface area (Å²) >= 11 is 0. The molecule has 220 valence electrons. The van der Waals surface area contributed by atoms with Crippen molar-refractivity contribution in [2.45, 2.75) is 50.5 Å². The van der Waals surface area contributed by atoms with Crippen molar-refractivity contribution in [2.24, 2.45) is 0 Å². The molecule has 0 radical (unpaired) electrons. The molecule has 1 amide bonds. The van der Waals surface area contributed by atoms with Gasteiger partial charge in [0, 0.05) is 18.0 Å². The predicted octanol–water partition coefficient (Wildman–Crippen LogP) is 5.86. The van der Waals surface area contributed by atoms with Crippen LogP contribution in [-0.2, 0) is 26.6 Å². The zero-order valence-corrected chi connectivity index (χ0v) is 21.9. The van der Waals surface area contributed by atoms with Crippen molar-refractivity contribution in [1.29, 1.82) is 0 Å². The molecule has 14 heteroatoms. The second-order valence-corrected chi connectivity index (χ2v) is 8.94. The molecule has 1 heterocycles. The molecule has 0 aliphatic carbocycles. The highest BCUT2D eigenvalue weighted by Crippen LogP contribution is 2.51. The van der Waals surface area contributed by atoms with Gasteiger partial charge in [0.25, 0.3) is 0 Å². The Balaban J connectivity index is 2.35. The van der Waals surface area contributed by atoms with Crippen LogP contribution in [-0.4, -0.2) is 50.8 Å².